The normalized spacial score (nSPS) is 13.2. The van der Waals surface area contributed by atoms with Gasteiger partial charge in [-0.3, -0.25) is 14.4 Å². The number of ether oxygens (including phenoxy) is 1. The predicted molar refractivity (Wildman–Crippen MR) is 138 cm³/mol. The van der Waals surface area contributed by atoms with E-state index in [1.54, 1.807) is 30.3 Å². The Morgan fingerprint density at radius 1 is 0.778 bits per heavy atom. The lowest BCUT2D eigenvalue weighted by Crippen LogP contribution is -2.32. The van der Waals surface area contributed by atoms with Crippen molar-refractivity contribution >= 4 is 75.6 Å². The van der Waals surface area contributed by atoms with Gasteiger partial charge in [-0.2, -0.15) is 0 Å². The number of hydrogen-bond acceptors (Lipinski definition) is 6. The van der Waals surface area contributed by atoms with Gasteiger partial charge >= 0.3 is 5.97 Å². The first kappa shape index (κ1) is 25.2. The van der Waals surface area contributed by atoms with Crippen LogP contribution in [0.3, 0.4) is 0 Å². The molecule has 1 aliphatic rings. The number of benzene rings is 3. The highest BCUT2D eigenvalue weighted by atomic mass is 35.5. The highest BCUT2D eigenvalue weighted by Crippen LogP contribution is 2.30. The molecule has 0 saturated carbocycles. The molecule has 8 nitrogen and oxygen atoms in total. The molecule has 0 aliphatic carbocycles. The van der Waals surface area contributed by atoms with Crippen molar-refractivity contribution in [3.63, 3.8) is 0 Å². The van der Waals surface area contributed by atoms with Gasteiger partial charge < -0.3 is 15.4 Å². The molecular formula is C25H16Cl3N3O5. The maximum Gasteiger partial charge on any atom is 0.337 e. The zero-order valence-corrected chi connectivity index (χ0v) is 20.7. The molecule has 0 unspecified atom stereocenters. The number of carbonyl (C=O) groups excluding carboxylic acids is 4. The Morgan fingerprint density at radius 2 is 1.36 bits per heavy atom. The Bertz CT molecular complexity index is 1400. The van der Waals surface area contributed by atoms with Crippen LogP contribution in [0.4, 0.5) is 17.1 Å². The van der Waals surface area contributed by atoms with Crippen LogP contribution >= 0.6 is 34.8 Å². The molecule has 11 heteroatoms. The summed E-state index contributed by atoms with van der Waals surface area (Å²) in [6, 6.07) is 16.6. The topological polar surface area (TPSA) is 105 Å². The van der Waals surface area contributed by atoms with E-state index < -0.39 is 23.7 Å². The fourth-order valence-corrected chi connectivity index (χ4v) is 4.13. The first-order valence-corrected chi connectivity index (χ1v) is 11.4. The molecular weight excluding hydrogens is 529 g/mol. The summed E-state index contributed by atoms with van der Waals surface area (Å²) in [6.45, 7) is 0. The van der Waals surface area contributed by atoms with Gasteiger partial charge in [0.05, 0.1) is 18.4 Å². The van der Waals surface area contributed by atoms with Crippen molar-refractivity contribution in [1.29, 1.82) is 0 Å². The molecule has 4 rings (SSSR count). The van der Waals surface area contributed by atoms with Crippen LogP contribution < -0.4 is 15.5 Å². The average Bonchev–Trinajstić information content (AvgIpc) is 3.06. The first-order chi connectivity index (χ1) is 17.2. The van der Waals surface area contributed by atoms with Crippen molar-refractivity contribution in [2.75, 3.05) is 22.6 Å². The van der Waals surface area contributed by atoms with Crippen molar-refractivity contribution in [1.82, 2.24) is 0 Å². The maximum absolute atomic E-state index is 13.0. The van der Waals surface area contributed by atoms with Gasteiger partial charge in [-0.15, -0.1) is 0 Å². The lowest BCUT2D eigenvalue weighted by Gasteiger charge is -2.15. The Kier molecular flexibility index (Phi) is 7.30. The number of hydrogen-bond donors (Lipinski definition) is 2. The van der Waals surface area contributed by atoms with E-state index in [2.05, 4.69) is 15.4 Å². The molecule has 0 fully saturated rings. The molecule has 2 N–H and O–H groups in total. The van der Waals surface area contributed by atoms with Gasteiger partial charge in [0.25, 0.3) is 17.7 Å². The molecule has 0 radical (unpaired) electrons. The van der Waals surface area contributed by atoms with Gasteiger partial charge in [0.15, 0.2) is 0 Å². The number of anilines is 3. The second-order valence-corrected chi connectivity index (χ2v) is 8.74. The molecule has 182 valence electrons. The molecule has 0 saturated heterocycles. The fourth-order valence-electron chi connectivity index (χ4n) is 3.39. The number of imide groups is 1. The van der Waals surface area contributed by atoms with Gasteiger partial charge in [0.2, 0.25) is 0 Å². The number of halogens is 3. The van der Waals surface area contributed by atoms with Crippen LogP contribution in [0.1, 0.15) is 20.7 Å². The molecule has 0 spiro atoms. The molecule has 1 aliphatic heterocycles. The van der Waals surface area contributed by atoms with Gasteiger partial charge in [-0.1, -0.05) is 34.8 Å². The largest absolute Gasteiger partial charge is 0.465 e. The number of nitrogens with zero attached hydrogens (tertiary/aromatic N) is 1. The summed E-state index contributed by atoms with van der Waals surface area (Å²) in [6.07, 6.45) is 0. The van der Waals surface area contributed by atoms with Crippen LogP contribution in [-0.2, 0) is 14.3 Å². The smallest absolute Gasteiger partial charge is 0.337 e. The van der Waals surface area contributed by atoms with Gasteiger partial charge in [-0.05, 0) is 66.7 Å². The zero-order valence-electron chi connectivity index (χ0n) is 18.5. The lowest BCUT2D eigenvalue weighted by atomic mass is 10.2. The van der Waals surface area contributed by atoms with Gasteiger partial charge in [0, 0.05) is 27.0 Å². The second-order valence-electron chi connectivity index (χ2n) is 7.49. The Balaban J connectivity index is 1.47. The Morgan fingerprint density at radius 3 is 1.94 bits per heavy atom. The van der Waals surface area contributed by atoms with Crippen molar-refractivity contribution in [2.24, 2.45) is 0 Å². The third kappa shape index (κ3) is 5.21. The monoisotopic (exact) mass is 543 g/mol. The summed E-state index contributed by atoms with van der Waals surface area (Å²) in [5, 5.41) is 6.00. The predicted octanol–water partition coefficient (Wildman–Crippen LogP) is 5.47. The third-order valence-electron chi connectivity index (χ3n) is 5.11. The summed E-state index contributed by atoms with van der Waals surface area (Å²) < 4.78 is 4.65. The number of methoxy groups -OCH3 is 1. The average molecular weight is 545 g/mol. The second kappa shape index (κ2) is 10.4. The maximum atomic E-state index is 13.0. The van der Waals surface area contributed by atoms with Crippen molar-refractivity contribution in [3.05, 3.63) is 98.6 Å². The highest BCUT2D eigenvalue weighted by molar-refractivity contribution is 6.53. The number of nitrogens with one attached hydrogen (secondary N) is 2. The minimum atomic E-state index is -0.717. The van der Waals surface area contributed by atoms with Crippen molar-refractivity contribution in [3.8, 4) is 0 Å². The third-order valence-corrected chi connectivity index (χ3v) is 5.90. The van der Waals surface area contributed by atoms with Crippen molar-refractivity contribution < 1.29 is 23.9 Å². The van der Waals surface area contributed by atoms with E-state index >= 15 is 0 Å². The molecule has 0 aromatic heterocycles. The standard InChI is InChI=1S/C25H16Cl3N3O5/c1-36-25(35)14-4-8-19(9-5-14)31-23(33)20(28)21(24(31)34)29-17-6-2-13(3-7-17)22(32)30-18-11-15(26)10-16(27)12-18/h2-12,29H,1H3,(H,30,32). The van der Waals surface area contributed by atoms with E-state index in [1.165, 1.54) is 43.5 Å². The van der Waals surface area contributed by atoms with E-state index in [9.17, 15) is 19.2 Å². The molecule has 3 aromatic rings. The summed E-state index contributed by atoms with van der Waals surface area (Å²) in [7, 11) is 1.25. The first-order valence-electron chi connectivity index (χ1n) is 10.3. The van der Waals surface area contributed by atoms with Crippen molar-refractivity contribution in [2.45, 2.75) is 0 Å². The van der Waals surface area contributed by atoms with Gasteiger partial charge in [0.1, 0.15) is 10.7 Å². The van der Waals surface area contributed by atoms with Gasteiger partial charge in [-0.25, -0.2) is 9.69 Å². The number of rotatable bonds is 6. The Hall–Kier alpha value is -3.85. The zero-order chi connectivity index (χ0) is 26.0. The molecule has 3 aromatic carbocycles. The van der Waals surface area contributed by atoms with Crippen LogP contribution in [0, 0.1) is 0 Å². The van der Waals surface area contributed by atoms with Crippen LogP contribution in [0.2, 0.25) is 10.0 Å². The van der Waals surface area contributed by atoms with E-state index in [-0.39, 0.29) is 22.0 Å². The molecule has 0 bridgehead atoms. The van der Waals surface area contributed by atoms with E-state index in [0.29, 0.717) is 27.0 Å². The van der Waals surface area contributed by atoms with Crippen LogP contribution in [0.5, 0.6) is 0 Å². The SMILES string of the molecule is COC(=O)c1ccc(N2C(=O)C(Cl)=C(Nc3ccc(C(=O)Nc4cc(Cl)cc(Cl)c4)cc3)C2=O)cc1. The lowest BCUT2D eigenvalue weighted by molar-refractivity contribution is -0.120. The highest BCUT2D eigenvalue weighted by Gasteiger charge is 2.39. The number of esters is 1. The Labute approximate surface area is 220 Å². The molecule has 0 atom stereocenters. The summed E-state index contributed by atoms with van der Waals surface area (Å²) >= 11 is 18.1. The molecule has 3 amide bonds. The minimum absolute atomic E-state index is 0.121. The summed E-state index contributed by atoms with van der Waals surface area (Å²) in [4.78, 5) is 50.7. The van der Waals surface area contributed by atoms with E-state index in [0.717, 1.165) is 4.90 Å². The summed E-state index contributed by atoms with van der Waals surface area (Å²) in [5.74, 6) is -2.33. The fraction of sp³-hybridized carbons (Fsp3) is 0.0400. The number of carbonyl (C=O) groups is 4. The molecule has 36 heavy (non-hydrogen) atoms. The van der Waals surface area contributed by atoms with Crippen LogP contribution in [-0.4, -0.2) is 30.8 Å². The minimum Gasteiger partial charge on any atom is -0.465 e. The van der Waals surface area contributed by atoms with Crippen LogP contribution in [0.25, 0.3) is 0 Å². The molecule has 1 heterocycles. The van der Waals surface area contributed by atoms with Crippen LogP contribution in [0.15, 0.2) is 77.5 Å². The van der Waals surface area contributed by atoms with E-state index in [4.69, 9.17) is 34.8 Å². The quantitative estimate of drug-likeness (QED) is 0.315. The number of amides is 3. The summed E-state index contributed by atoms with van der Waals surface area (Å²) in [5.41, 5.74) is 1.57. The van der Waals surface area contributed by atoms with E-state index in [1.807, 2.05) is 0 Å².